The lowest BCUT2D eigenvalue weighted by molar-refractivity contribution is 0.225. The summed E-state index contributed by atoms with van der Waals surface area (Å²) in [6.07, 6.45) is 4.50. The Morgan fingerprint density at radius 3 is 2.76 bits per heavy atom. The summed E-state index contributed by atoms with van der Waals surface area (Å²) in [6, 6.07) is 0.499. The van der Waals surface area contributed by atoms with Gasteiger partial charge in [-0.2, -0.15) is 0 Å². The van der Waals surface area contributed by atoms with Gasteiger partial charge in [0.1, 0.15) is 6.61 Å². The minimum Gasteiger partial charge on any atom is -0.462 e. The van der Waals surface area contributed by atoms with Gasteiger partial charge >= 0.3 is 6.01 Å². The molecule has 5 heteroatoms. The van der Waals surface area contributed by atoms with Crippen molar-refractivity contribution < 1.29 is 4.74 Å². The fraction of sp³-hybridized carbons (Fsp3) is 0.750. The average molecular weight is 292 g/mol. The Balaban J connectivity index is 1.75. The molecule has 1 aromatic heterocycles. The van der Waals surface area contributed by atoms with Crippen LogP contribution in [0, 0.1) is 12.8 Å². The van der Waals surface area contributed by atoms with Crippen molar-refractivity contribution in [3.8, 4) is 6.01 Å². The van der Waals surface area contributed by atoms with E-state index in [0.29, 0.717) is 18.5 Å². The van der Waals surface area contributed by atoms with Crippen LogP contribution in [0.3, 0.4) is 0 Å². The van der Waals surface area contributed by atoms with Crippen LogP contribution in [0.2, 0.25) is 0 Å². The predicted molar refractivity (Wildman–Crippen MR) is 84.5 cm³/mol. The molecule has 0 radical (unpaired) electrons. The molecule has 0 aromatic carbocycles. The molecule has 0 amide bonds. The molecule has 2 heterocycles. The first kappa shape index (κ1) is 16.2. The highest BCUT2D eigenvalue weighted by Crippen LogP contribution is 2.10. The summed E-state index contributed by atoms with van der Waals surface area (Å²) in [5.41, 5.74) is 2.14. The number of hydrogen-bond acceptors (Lipinski definition) is 5. The molecule has 0 saturated carbocycles. The van der Waals surface area contributed by atoms with Crippen LogP contribution in [-0.2, 0) is 6.54 Å². The van der Waals surface area contributed by atoms with Gasteiger partial charge in [-0.05, 0) is 45.3 Å². The van der Waals surface area contributed by atoms with E-state index < -0.39 is 0 Å². The SMILES string of the molecule is Cc1nc(OCCN2CCCC2)ncc1CNCC(C)C. The van der Waals surface area contributed by atoms with Crippen molar-refractivity contribution in [2.45, 2.75) is 40.2 Å². The second-order valence-electron chi connectivity index (χ2n) is 6.19. The Bertz CT molecular complexity index is 430. The van der Waals surface area contributed by atoms with Crippen molar-refractivity contribution >= 4 is 0 Å². The number of aromatic nitrogens is 2. The van der Waals surface area contributed by atoms with E-state index in [1.807, 2.05) is 13.1 Å². The standard InChI is InChI=1S/C16H28N4O/c1-13(2)10-17-11-15-12-18-16(19-14(15)3)21-9-8-20-6-4-5-7-20/h12-13,17H,4-11H2,1-3H3. The lowest BCUT2D eigenvalue weighted by Gasteiger charge is -2.14. The first-order chi connectivity index (χ1) is 10.1. The molecule has 0 atom stereocenters. The smallest absolute Gasteiger partial charge is 0.316 e. The quantitative estimate of drug-likeness (QED) is 0.794. The summed E-state index contributed by atoms with van der Waals surface area (Å²) in [7, 11) is 0. The number of aryl methyl sites for hydroxylation is 1. The van der Waals surface area contributed by atoms with Crippen molar-refractivity contribution in [3.05, 3.63) is 17.5 Å². The Kier molecular flexibility index (Phi) is 6.39. The van der Waals surface area contributed by atoms with Crippen LogP contribution in [0.5, 0.6) is 6.01 Å². The van der Waals surface area contributed by atoms with E-state index in [4.69, 9.17) is 4.74 Å². The van der Waals surface area contributed by atoms with Crippen LogP contribution in [0.1, 0.15) is 37.9 Å². The number of nitrogens with zero attached hydrogens (tertiary/aromatic N) is 3. The van der Waals surface area contributed by atoms with E-state index in [1.165, 1.54) is 25.9 Å². The molecule has 0 unspecified atom stereocenters. The van der Waals surface area contributed by atoms with Crippen LogP contribution in [0.25, 0.3) is 0 Å². The molecule has 118 valence electrons. The molecule has 1 fully saturated rings. The summed E-state index contributed by atoms with van der Waals surface area (Å²) in [5, 5.41) is 3.41. The largest absolute Gasteiger partial charge is 0.462 e. The zero-order valence-corrected chi connectivity index (χ0v) is 13.6. The third kappa shape index (κ3) is 5.59. The first-order valence-corrected chi connectivity index (χ1v) is 8.03. The van der Waals surface area contributed by atoms with E-state index >= 15 is 0 Å². The van der Waals surface area contributed by atoms with Gasteiger partial charge in [-0.1, -0.05) is 13.8 Å². The molecule has 1 aromatic rings. The van der Waals surface area contributed by atoms with Crippen LogP contribution in [0.15, 0.2) is 6.20 Å². The Morgan fingerprint density at radius 2 is 2.10 bits per heavy atom. The Labute approximate surface area is 128 Å². The highest BCUT2D eigenvalue weighted by Gasteiger charge is 2.11. The topological polar surface area (TPSA) is 50.3 Å². The van der Waals surface area contributed by atoms with Crippen LogP contribution in [-0.4, -0.2) is 47.7 Å². The number of hydrogen-bond donors (Lipinski definition) is 1. The highest BCUT2D eigenvalue weighted by atomic mass is 16.5. The Morgan fingerprint density at radius 1 is 1.33 bits per heavy atom. The van der Waals surface area contributed by atoms with Gasteiger partial charge in [0.15, 0.2) is 0 Å². The number of likely N-dealkylation sites (tertiary alicyclic amines) is 1. The van der Waals surface area contributed by atoms with E-state index in [1.54, 1.807) is 0 Å². The van der Waals surface area contributed by atoms with Gasteiger partial charge in [0.2, 0.25) is 0 Å². The predicted octanol–water partition coefficient (Wildman–Crippen LogP) is 2.01. The van der Waals surface area contributed by atoms with Gasteiger partial charge < -0.3 is 10.1 Å². The van der Waals surface area contributed by atoms with Crippen molar-refractivity contribution in [1.29, 1.82) is 0 Å². The lowest BCUT2D eigenvalue weighted by Crippen LogP contribution is -2.25. The third-order valence-electron chi connectivity index (χ3n) is 3.76. The van der Waals surface area contributed by atoms with E-state index in [-0.39, 0.29) is 0 Å². The van der Waals surface area contributed by atoms with Crippen molar-refractivity contribution in [1.82, 2.24) is 20.2 Å². The molecule has 1 aliphatic rings. The maximum Gasteiger partial charge on any atom is 0.316 e. The van der Waals surface area contributed by atoms with Gasteiger partial charge in [0.25, 0.3) is 0 Å². The second-order valence-corrected chi connectivity index (χ2v) is 6.19. The third-order valence-corrected chi connectivity index (χ3v) is 3.76. The Hall–Kier alpha value is -1.20. The second kappa shape index (κ2) is 8.29. The molecule has 0 bridgehead atoms. The monoisotopic (exact) mass is 292 g/mol. The maximum atomic E-state index is 5.66. The molecular weight excluding hydrogens is 264 g/mol. The van der Waals surface area contributed by atoms with Gasteiger partial charge in [0, 0.05) is 30.5 Å². The van der Waals surface area contributed by atoms with Gasteiger partial charge in [0.05, 0.1) is 0 Å². The fourth-order valence-electron chi connectivity index (χ4n) is 2.48. The number of ether oxygens (including phenoxy) is 1. The zero-order chi connectivity index (χ0) is 15.1. The number of rotatable bonds is 8. The molecule has 1 aliphatic heterocycles. The summed E-state index contributed by atoms with van der Waals surface area (Å²) in [4.78, 5) is 11.2. The van der Waals surface area contributed by atoms with Crippen molar-refractivity contribution in [2.24, 2.45) is 5.92 Å². The molecule has 1 N–H and O–H groups in total. The lowest BCUT2D eigenvalue weighted by atomic mass is 10.2. The van der Waals surface area contributed by atoms with Gasteiger partial charge in [-0.3, -0.25) is 4.90 Å². The normalized spacial score (nSPS) is 15.8. The van der Waals surface area contributed by atoms with E-state index in [9.17, 15) is 0 Å². The maximum absolute atomic E-state index is 5.66. The summed E-state index contributed by atoms with van der Waals surface area (Å²) in [5.74, 6) is 0.652. The molecule has 5 nitrogen and oxygen atoms in total. The van der Waals surface area contributed by atoms with Gasteiger partial charge in [-0.15, -0.1) is 0 Å². The molecule has 0 spiro atoms. The first-order valence-electron chi connectivity index (χ1n) is 8.03. The highest BCUT2D eigenvalue weighted by molar-refractivity contribution is 5.17. The zero-order valence-electron chi connectivity index (χ0n) is 13.6. The van der Waals surface area contributed by atoms with Crippen LogP contribution >= 0.6 is 0 Å². The minimum absolute atomic E-state index is 0.499. The molecule has 0 aliphatic carbocycles. The van der Waals surface area contributed by atoms with Crippen LogP contribution in [0.4, 0.5) is 0 Å². The van der Waals surface area contributed by atoms with Crippen molar-refractivity contribution in [3.63, 3.8) is 0 Å². The molecule has 2 rings (SSSR count). The van der Waals surface area contributed by atoms with E-state index in [2.05, 4.69) is 34.0 Å². The molecular formula is C16H28N4O. The average Bonchev–Trinajstić information content (AvgIpc) is 2.94. The van der Waals surface area contributed by atoms with Crippen molar-refractivity contribution in [2.75, 3.05) is 32.8 Å². The summed E-state index contributed by atoms with van der Waals surface area (Å²) in [6.45, 7) is 12.3. The van der Waals surface area contributed by atoms with E-state index in [0.717, 1.165) is 30.9 Å². The van der Waals surface area contributed by atoms with Gasteiger partial charge in [-0.25, -0.2) is 9.97 Å². The minimum atomic E-state index is 0.499. The fourth-order valence-corrected chi connectivity index (χ4v) is 2.48. The summed E-state index contributed by atoms with van der Waals surface area (Å²) >= 11 is 0. The molecule has 1 saturated heterocycles. The van der Waals surface area contributed by atoms with Crippen LogP contribution < -0.4 is 10.1 Å². The number of nitrogens with one attached hydrogen (secondary N) is 1. The molecule has 21 heavy (non-hydrogen) atoms. The summed E-state index contributed by atoms with van der Waals surface area (Å²) < 4.78 is 5.66.